The van der Waals surface area contributed by atoms with Crippen LogP contribution in [0.25, 0.3) is 0 Å². The summed E-state index contributed by atoms with van der Waals surface area (Å²) in [6.45, 7) is 1.80. The quantitative estimate of drug-likeness (QED) is 0.405. The first kappa shape index (κ1) is 20.9. The van der Waals surface area contributed by atoms with Crippen LogP contribution in [0, 0.1) is 0 Å². The van der Waals surface area contributed by atoms with E-state index in [9.17, 15) is 35.1 Å². The second-order valence-electron chi connectivity index (χ2n) is 8.33. The van der Waals surface area contributed by atoms with Gasteiger partial charge in [-0.1, -0.05) is 12.1 Å². The van der Waals surface area contributed by atoms with Gasteiger partial charge in [0.25, 0.3) is 0 Å². The Hall–Kier alpha value is -3.36. The molecule has 2 aliphatic carbocycles. The normalized spacial score (nSPS) is 22.5. The van der Waals surface area contributed by atoms with Gasteiger partial charge in [0.1, 0.15) is 17.2 Å². The van der Waals surface area contributed by atoms with E-state index in [1.165, 1.54) is 6.92 Å². The Balaban J connectivity index is 1.65. The van der Waals surface area contributed by atoms with Crippen molar-refractivity contribution in [1.82, 2.24) is 5.32 Å². The summed E-state index contributed by atoms with van der Waals surface area (Å²) in [7, 11) is 0. The number of phenols is 3. The largest absolute Gasteiger partial charge is 0.508 e. The average molecular weight is 425 g/mol. The molecule has 0 radical (unpaired) electrons. The summed E-state index contributed by atoms with van der Waals surface area (Å²) in [5, 5.41) is 54.5. The van der Waals surface area contributed by atoms with Crippen molar-refractivity contribution in [1.29, 1.82) is 0 Å². The topological polar surface area (TPSA) is 147 Å². The number of aliphatic hydroxyl groups excluding tert-OH is 1. The third kappa shape index (κ3) is 3.64. The summed E-state index contributed by atoms with van der Waals surface area (Å²) >= 11 is 0. The van der Waals surface area contributed by atoms with Crippen LogP contribution in [0.4, 0.5) is 0 Å². The number of aromatic hydroxyl groups is 3. The molecule has 0 spiro atoms. The molecule has 2 aliphatic rings. The highest BCUT2D eigenvalue weighted by atomic mass is 16.3. The first-order valence-electron chi connectivity index (χ1n) is 9.92. The van der Waals surface area contributed by atoms with Gasteiger partial charge < -0.3 is 30.8 Å². The molecule has 0 saturated carbocycles. The maximum Gasteiger partial charge on any atom is 0.213 e. The van der Waals surface area contributed by atoms with Gasteiger partial charge >= 0.3 is 0 Å². The van der Waals surface area contributed by atoms with E-state index in [0.717, 1.165) is 11.6 Å². The van der Waals surface area contributed by atoms with Crippen LogP contribution in [0.5, 0.6) is 17.2 Å². The number of aliphatic hydroxyl groups is 2. The van der Waals surface area contributed by atoms with Crippen LogP contribution in [0.15, 0.2) is 36.0 Å². The zero-order valence-electron chi connectivity index (χ0n) is 16.8. The fraction of sp³-hybridized carbons (Fsp3) is 0.304. The van der Waals surface area contributed by atoms with E-state index in [0.29, 0.717) is 13.0 Å². The molecule has 0 unspecified atom stereocenters. The van der Waals surface area contributed by atoms with Crippen LogP contribution in [-0.2, 0) is 12.8 Å². The third-order valence-electron chi connectivity index (χ3n) is 5.77. The zero-order chi connectivity index (χ0) is 22.5. The number of nitrogens with one attached hydrogen (secondary N) is 1. The van der Waals surface area contributed by atoms with Crippen molar-refractivity contribution in [3.8, 4) is 17.2 Å². The SMILES string of the molecule is C[C@]1(O)Cc2c(O)c3c(c(O)c2[C@@H](O)C1)C(=O)C=C(NCCc1ccc(O)cc1)C3=O. The Morgan fingerprint density at radius 1 is 1.06 bits per heavy atom. The van der Waals surface area contributed by atoms with Crippen LogP contribution < -0.4 is 5.32 Å². The molecule has 0 bridgehead atoms. The minimum atomic E-state index is -1.34. The molecule has 162 valence electrons. The Bertz CT molecular complexity index is 1120. The molecule has 4 rings (SSSR count). The van der Waals surface area contributed by atoms with E-state index in [1.54, 1.807) is 24.3 Å². The number of fused-ring (bicyclic) bond motifs is 2. The van der Waals surface area contributed by atoms with E-state index in [2.05, 4.69) is 5.32 Å². The molecular weight excluding hydrogens is 402 g/mol. The predicted octanol–water partition coefficient (Wildman–Crippen LogP) is 1.63. The van der Waals surface area contributed by atoms with E-state index < -0.39 is 34.8 Å². The van der Waals surface area contributed by atoms with Crippen LogP contribution in [0.3, 0.4) is 0 Å². The summed E-state index contributed by atoms with van der Waals surface area (Å²) in [6, 6.07) is 6.57. The van der Waals surface area contributed by atoms with Gasteiger partial charge in [-0.3, -0.25) is 9.59 Å². The van der Waals surface area contributed by atoms with Crippen LogP contribution in [0.1, 0.15) is 56.9 Å². The molecule has 2 atom stereocenters. The summed E-state index contributed by atoms with van der Waals surface area (Å²) < 4.78 is 0. The first-order chi connectivity index (χ1) is 14.6. The smallest absolute Gasteiger partial charge is 0.213 e. The predicted molar refractivity (Wildman–Crippen MR) is 110 cm³/mol. The number of benzene rings is 2. The van der Waals surface area contributed by atoms with Gasteiger partial charge in [0.2, 0.25) is 5.78 Å². The molecule has 8 nitrogen and oxygen atoms in total. The highest BCUT2D eigenvalue weighted by molar-refractivity contribution is 6.26. The molecule has 0 saturated heterocycles. The molecule has 0 aromatic heterocycles. The van der Waals surface area contributed by atoms with E-state index >= 15 is 0 Å². The molecule has 2 aromatic rings. The molecule has 0 heterocycles. The number of rotatable bonds is 4. The second kappa shape index (κ2) is 7.40. The zero-order valence-corrected chi connectivity index (χ0v) is 16.8. The minimum Gasteiger partial charge on any atom is -0.508 e. The van der Waals surface area contributed by atoms with Crippen LogP contribution in [0.2, 0.25) is 0 Å². The van der Waals surface area contributed by atoms with Crippen LogP contribution in [-0.4, -0.2) is 49.2 Å². The molecule has 2 aromatic carbocycles. The number of hydrogen-bond donors (Lipinski definition) is 6. The third-order valence-corrected chi connectivity index (χ3v) is 5.77. The number of phenolic OH excluding ortho intramolecular Hbond substituents is 3. The minimum absolute atomic E-state index is 0.0194. The number of carbonyl (C=O) groups excluding carboxylic acids is 2. The molecule has 0 aliphatic heterocycles. The van der Waals surface area contributed by atoms with Gasteiger partial charge in [-0.05, 0) is 31.0 Å². The van der Waals surface area contributed by atoms with E-state index in [1.807, 2.05) is 0 Å². The van der Waals surface area contributed by atoms with Crippen molar-refractivity contribution in [2.75, 3.05) is 6.54 Å². The van der Waals surface area contributed by atoms with Crippen LogP contribution >= 0.6 is 0 Å². The number of carbonyl (C=O) groups is 2. The monoisotopic (exact) mass is 425 g/mol. The van der Waals surface area contributed by atoms with E-state index in [-0.39, 0.29) is 46.5 Å². The van der Waals surface area contributed by atoms with Crippen molar-refractivity contribution in [2.45, 2.75) is 37.9 Å². The van der Waals surface area contributed by atoms with Gasteiger partial charge in [0.05, 0.1) is 28.5 Å². The number of hydrogen-bond acceptors (Lipinski definition) is 8. The highest BCUT2D eigenvalue weighted by Crippen LogP contribution is 2.49. The summed E-state index contributed by atoms with van der Waals surface area (Å²) in [4.78, 5) is 25.7. The fourth-order valence-electron chi connectivity index (χ4n) is 4.30. The lowest BCUT2D eigenvalue weighted by Gasteiger charge is -2.35. The Morgan fingerprint density at radius 2 is 1.74 bits per heavy atom. The average Bonchev–Trinajstić information content (AvgIpc) is 2.68. The maximum atomic E-state index is 13.0. The van der Waals surface area contributed by atoms with Crippen molar-refractivity contribution < 1.29 is 35.1 Å². The number of Topliss-reactive ketones (excluding diaryl/α,β-unsaturated/α-hetero) is 1. The molecule has 0 fully saturated rings. The summed E-state index contributed by atoms with van der Waals surface area (Å²) in [5.41, 5.74) is -1.09. The van der Waals surface area contributed by atoms with Gasteiger partial charge in [-0.15, -0.1) is 0 Å². The molecule has 6 N–H and O–H groups in total. The number of allylic oxidation sites excluding steroid dienone is 2. The van der Waals surface area contributed by atoms with Gasteiger partial charge in [0, 0.05) is 36.6 Å². The van der Waals surface area contributed by atoms with Crippen molar-refractivity contribution in [3.63, 3.8) is 0 Å². The van der Waals surface area contributed by atoms with Gasteiger partial charge in [-0.25, -0.2) is 0 Å². The van der Waals surface area contributed by atoms with Gasteiger partial charge in [0.15, 0.2) is 5.78 Å². The number of ketones is 2. The standard InChI is InChI=1S/C23H23NO7/c1-23(31)9-13-17(16(27)10-23)22(30)18-15(26)8-14(21(29)19(18)20(13)28)24-7-6-11-2-4-12(25)5-3-11/h2-5,8,16,24-25,27-28,30-31H,6-7,9-10H2,1H3/t16-,23-/m0/s1. The van der Waals surface area contributed by atoms with E-state index in [4.69, 9.17) is 0 Å². The van der Waals surface area contributed by atoms with Crippen molar-refractivity contribution in [3.05, 3.63) is 63.9 Å². The van der Waals surface area contributed by atoms with Crippen molar-refractivity contribution >= 4 is 11.6 Å². The molecule has 8 heteroatoms. The van der Waals surface area contributed by atoms with Crippen molar-refractivity contribution in [2.24, 2.45) is 0 Å². The van der Waals surface area contributed by atoms with Gasteiger partial charge in [-0.2, -0.15) is 0 Å². The lowest BCUT2D eigenvalue weighted by Crippen LogP contribution is -2.36. The Morgan fingerprint density at radius 3 is 2.42 bits per heavy atom. The Kier molecular flexibility index (Phi) is 4.99. The summed E-state index contributed by atoms with van der Waals surface area (Å²) in [6.07, 6.45) is 0.141. The highest BCUT2D eigenvalue weighted by Gasteiger charge is 2.42. The lowest BCUT2D eigenvalue weighted by molar-refractivity contribution is -0.00904. The Labute approximate surface area is 178 Å². The molecule has 0 amide bonds. The first-order valence-corrected chi connectivity index (χ1v) is 9.92. The molecule has 31 heavy (non-hydrogen) atoms. The maximum absolute atomic E-state index is 13.0. The summed E-state index contributed by atoms with van der Waals surface area (Å²) in [5.74, 6) is -2.22. The lowest BCUT2D eigenvalue weighted by atomic mass is 9.75. The second-order valence-corrected chi connectivity index (χ2v) is 8.33. The molecular formula is C23H23NO7. The fourth-order valence-corrected chi connectivity index (χ4v) is 4.30.